The van der Waals surface area contributed by atoms with E-state index in [9.17, 15) is 4.79 Å². The van der Waals surface area contributed by atoms with Crippen LogP contribution in [0.5, 0.6) is 5.75 Å². The third kappa shape index (κ3) is 1.94. The second-order valence-electron chi connectivity index (χ2n) is 5.50. The zero-order chi connectivity index (χ0) is 14.4. The smallest absolute Gasteiger partial charge is 0.185 e. The normalized spacial score (nSPS) is 23.2. The minimum atomic E-state index is -0.320. The molecule has 1 fully saturated rings. The molecule has 1 aliphatic heterocycles. The molecule has 108 valence electrons. The number of ketones is 1. The van der Waals surface area contributed by atoms with Gasteiger partial charge in [-0.15, -0.1) is 5.10 Å². The molecule has 1 saturated heterocycles. The first-order chi connectivity index (χ1) is 10.2. The van der Waals surface area contributed by atoms with E-state index in [0.29, 0.717) is 25.3 Å². The number of epoxide rings is 1. The standard InChI is InChI=1S/C15H15N3O3/c1-20-11-4-2-10(3-5-11)8-18-14-13(16-17-18)12(19)6-7-15(14)9-21-15/h2-5H,6-9H2,1H3. The number of Topliss-reactive ketones (excluding diaryl/α,β-unsaturated/α-hetero) is 1. The fourth-order valence-corrected chi connectivity index (χ4v) is 2.89. The van der Waals surface area contributed by atoms with Crippen molar-refractivity contribution in [1.29, 1.82) is 0 Å². The number of hydrogen-bond donors (Lipinski definition) is 0. The number of rotatable bonds is 3. The molecule has 6 nitrogen and oxygen atoms in total. The molecule has 0 radical (unpaired) electrons. The van der Waals surface area contributed by atoms with Gasteiger partial charge in [-0.25, -0.2) is 4.68 Å². The van der Waals surface area contributed by atoms with Crippen LogP contribution in [0.1, 0.15) is 34.6 Å². The zero-order valence-electron chi connectivity index (χ0n) is 11.7. The summed E-state index contributed by atoms with van der Waals surface area (Å²) in [5.74, 6) is 0.878. The molecule has 0 N–H and O–H groups in total. The highest BCUT2D eigenvalue weighted by Crippen LogP contribution is 2.47. The molecule has 4 rings (SSSR count). The molecule has 0 bridgehead atoms. The molecule has 1 aromatic carbocycles. The quantitative estimate of drug-likeness (QED) is 0.800. The lowest BCUT2D eigenvalue weighted by Crippen LogP contribution is -2.25. The summed E-state index contributed by atoms with van der Waals surface area (Å²) in [5, 5.41) is 8.22. The molecule has 0 saturated carbocycles. The van der Waals surface area contributed by atoms with E-state index >= 15 is 0 Å². The van der Waals surface area contributed by atoms with Gasteiger partial charge < -0.3 is 9.47 Å². The summed E-state index contributed by atoms with van der Waals surface area (Å²) >= 11 is 0. The van der Waals surface area contributed by atoms with Crippen LogP contribution in [0.25, 0.3) is 0 Å². The molecular formula is C15H15N3O3. The number of aromatic nitrogens is 3. The third-order valence-corrected chi connectivity index (χ3v) is 4.17. The van der Waals surface area contributed by atoms with Crippen molar-refractivity contribution in [2.24, 2.45) is 0 Å². The molecule has 2 aliphatic rings. The predicted octanol–water partition coefficient (Wildman–Crippen LogP) is 1.54. The van der Waals surface area contributed by atoms with Gasteiger partial charge in [0.2, 0.25) is 0 Å². The number of carbonyl (C=O) groups is 1. The molecule has 6 heteroatoms. The fourth-order valence-electron chi connectivity index (χ4n) is 2.89. The highest BCUT2D eigenvalue weighted by atomic mass is 16.6. The molecule has 0 amide bonds. The monoisotopic (exact) mass is 285 g/mol. The van der Waals surface area contributed by atoms with Gasteiger partial charge in [0.25, 0.3) is 0 Å². The Kier molecular flexibility index (Phi) is 2.62. The van der Waals surface area contributed by atoms with Gasteiger partial charge in [-0.1, -0.05) is 17.3 Å². The van der Waals surface area contributed by atoms with Crippen LogP contribution in [0.15, 0.2) is 24.3 Å². The van der Waals surface area contributed by atoms with E-state index in [-0.39, 0.29) is 11.4 Å². The first-order valence-corrected chi connectivity index (χ1v) is 6.96. The second-order valence-corrected chi connectivity index (χ2v) is 5.50. The van der Waals surface area contributed by atoms with Gasteiger partial charge in [-0.3, -0.25) is 4.79 Å². The summed E-state index contributed by atoms with van der Waals surface area (Å²) < 4.78 is 12.6. The molecular weight excluding hydrogens is 270 g/mol. The molecule has 1 aliphatic carbocycles. The third-order valence-electron chi connectivity index (χ3n) is 4.17. The van der Waals surface area contributed by atoms with Crippen LogP contribution < -0.4 is 4.74 Å². The largest absolute Gasteiger partial charge is 0.497 e. The number of methoxy groups -OCH3 is 1. The minimum Gasteiger partial charge on any atom is -0.497 e. The maximum atomic E-state index is 12.0. The first kappa shape index (κ1) is 12.5. The van der Waals surface area contributed by atoms with Gasteiger partial charge in [0.05, 0.1) is 20.3 Å². The van der Waals surface area contributed by atoms with E-state index in [1.807, 2.05) is 24.3 Å². The van der Waals surface area contributed by atoms with Crippen LogP contribution in [0, 0.1) is 0 Å². The topological polar surface area (TPSA) is 69.5 Å². The lowest BCUT2D eigenvalue weighted by molar-refractivity contribution is 0.0939. The average molecular weight is 285 g/mol. The molecule has 21 heavy (non-hydrogen) atoms. The van der Waals surface area contributed by atoms with Gasteiger partial charge in [0.15, 0.2) is 11.5 Å². The van der Waals surface area contributed by atoms with Crippen molar-refractivity contribution in [3.63, 3.8) is 0 Å². The van der Waals surface area contributed by atoms with Gasteiger partial charge in [0.1, 0.15) is 17.0 Å². The molecule has 2 heterocycles. The summed E-state index contributed by atoms with van der Waals surface area (Å²) in [6, 6.07) is 7.79. The minimum absolute atomic E-state index is 0.0621. The molecule has 1 aromatic heterocycles. The summed E-state index contributed by atoms with van der Waals surface area (Å²) in [4.78, 5) is 12.0. The summed E-state index contributed by atoms with van der Waals surface area (Å²) in [6.07, 6.45) is 1.23. The molecule has 1 unspecified atom stereocenters. The summed E-state index contributed by atoms with van der Waals surface area (Å²) in [5.41, 5.74) is 2.08. The van der Waals surface area contributed by atoms with Gasteiger partial charge in [-0.2, -0.15) is 0 Å². The predicted molar refractivity (Wildman–Crippen MR) is 73.3 cm³/mol. The summed E-state index contributed by atoms with van der Waals surface area (Å²) in [7, 11) is 1.64. The van der Waals surface area contributed by atoms with Crippen molar-refractivity contribution >= 4 is 5.78 Å². The molecule has 1 atom stereocenters. The van der Waals surface area contributed by atoms with Gasteiger partial charge in [-0.05, 0) is 24.1 Å². The highest BCUT2D eigenvalue weighted by molar-refractivity contribution is 5.96. The van der Waals surface area contributed by atoms with Crippen LogP contribution in [0.3, 0.4) is 0 Å². The van der Waals surface area contributed by atoms with Crippen LogP contribution in [0.4, 0.5) is 0 Å². The van der Waals surface area contributed by atoms with Crippen molar-refractivity contribution in [3.05, 3.63) is 41.2 Å². The Morgan fingerprint density at radius 3 is 2.81 bits per heavy atom. The van der Waals surface area contributed by atoms with Crippen molar-refractivity contribution in [2.45, 2.75) is 25.0 Å². The van der Waals surface area contributed by atoms with Crippen molar-refractivity contribution < 1.29 is 14.3 Å². The summed E-state index contributed by atoms with van der Waals surface area (Å²) in [6.45, 7) is 1.23. The van der Waals surface area contributed by atoms with E-state index in [0.717, 1.165) is 23.4 Å². The Labute approximate surface area is 121 Å². The van der Waals surface area contributed by atoms with E-state index in [1.54, 1.807) is 11.8 Å². The van der Waals surface area contributed by atoms with Crippen LogP contribution >= 0.6 is 0 Å². The number of carbonyl (C=O) groups excluding carboxylic acids is 1. The van der Waals surface area contributed by atoms with Crippen molar-refractivity contribution in [3.8, 4) is 5.75 Å². The first-order valence-electron chi connectivity index (χ1n) is 6.96. The van der Waals surface area contributed by atoms with Crippen LogP contribution in [-0.2, 0) is 16.9 Å². The van der Waals surface area contributed by atoms with Crippen molar-refractivity contribution in [1.82, 2.24) is 15.0 Å². The van der Waals surface area contributed by atoms with Gasteiger partial charge >= 0.3 is 0 Å². The lowest BCUT2D eigenvalue weighted by Gasteiger charge is -2.18. The Balaban J connectivity index is 1.68. The van der Waals surface area contributed by atoms with Gasteiger partial charge in [0, 0.05) is 6.42 Å². The van der Waals surface area contributed by atoms with E-state index in [1.165, 1.54) is 0 Å². The number of ether oxygens (including phenoxy) is 2. The molecule has 1 spiro atoms. The molecule has 2 aromatic rings. The lowest BCUT2D eigenvalue weighted by atomic mass is 9.89. The van der Waals surface area contributed by atoms with E-state index < -0.39 is 0 Å². The fraction of sp³-hybridized carbons (Fsp3) is 0.400. The Morgan fingerprint density at radius 2 is 2.14 bits per heavy atom. The number of benzene rings is 1. The highest BCUT2D eigenvalue weighted by Gasteiger charge is 2.54. The maximum Gasteiger partial charge on any atom is 0.185 e. The Morgan fingerprint density at radius 1 is 1.38 bits per heavy atom. The number of nitrogens with zero attached hydrogens (tertiary/aromatic N) is 3. The van der Waals surface area contributed by atoms with Crippen LogP contribution in [0.2, 0.25) is 0 Å². The SMILES string of the molecule is COc1ccc(Cn2nnc3c2C2(CCC3=O)CO2)cc1. The maximum absolute atomic E-state index is 12.0. The number of hydrogen-bond acceptors (Lipinski definition) is 5. The second kappa shape index (κ2) is 4.39. The van der Waals surface area contributed by atoms with Crippen molar-refractivity contribution in [2.75, 3.05) is 13.7 Å². The number of fused-ring (bicyclic) bond motifs is 2. The zero-order valence-corrected chi connectivity index (χ0v) is 11.7. The Bertz CT molecular complexity index is 701. The average Bonchev–Trinajstić information content (AvgIpc) is 3.16. The van der Waals surface area contributed by atoms with Crippen LogP contribution in [-0.4, -0.2) is 34.5 Å². The van der Waals surface area contributed by atoms with E-state index in [4.69, 9.17) is 9.47 Å². The Hall–Kier alpha value is -2.21. The van der Waals surface area contributed by atoms with E-state index in [2.05, 4.69) is 10.3 Å².